The van der Waals surface area contributed by atoms with Gasteiger partial charge in [-0.05, 0) is 78.4 Å². The maximum absolute atomic E-state index is 13.4. The van der Waals surface area contributed by atoms with Crippen molar-refractivity contribution in [3.8, 4) is 0 Å². The van der Waals surface area contributed by atoms with Crippen LogP contribution in [0.3, 0.4) is 0 Å². The summed E-state index contributed by atoms with van der Waals surface area (Å²) in [6.45, 7) is 12.2. The number of rotatable bonds is 5. The lowest BCUT2D eigenvalue weighted by atomic mass is 9.44. The average molecular weight is 401 g/mol. The number of fused-ring (bicyclic) bond motifs is 5. The van der Waals surface area contributed by atoms with Crippen molar-refractivity contribution in [3.05, 3.63) is 0 Å². The third kappa shape index (κ3) is 3.55. The van der Waals surface area contributed by atoms with Gasteiger partial charge in [0, 0.05) is 25.2 Å². The van der Waals surface area contributed by atoms with Crippen LogP contribution in [0.1, 0.15) is 105 Å². The molecule has 0 bridgehead atoms. The molecule has 0 aromatic heterocycles. The summed E-state index contributed by atoms with van der Waals surface area (Å²) in [5, 5.41) is 0. The van der Waals surface area contributed by atoms with Gasteiger partial charge in [0.25, 0.3) is 0 Å². The van der Waals surface area contributed by atoms with Crippen LogP contribution in [0.4, 0.5) is 0 Å². The number of hydrogen-bond donors (Lipinski definition) is 0. The van der Waals surface area contributed by atoms with E-state index in [-0.39, 0.29) is 11.3 Å². The molecule has 8 atom stereocenters. The Labute approximate surface area is 179 Å². The summed E-state index contributed by atoms with van der Waals surface area (Å²) in [5.74, 6) is 5.07. The van der Waals surface area contributed by atoms with Crippen molar-refractivity contribution in [2.24, 2.45) is 52.3 Å². The lowest BCUT2D eigenvalue weighted by Gasteiger charge is -2.59. The van der Waals surface area contributed by atoms with Crippen LogP contribution in [0, 0.1) is 52.3 Å². The quantitative estimate of drug-likeness (QED) is 0.505. The Hall–Kier alpha value is -0.660. The topological polar surface area (TPSA) is 34.1 Å². The van der Waals surface area contributed by atoms with Crippen molar-refractivity contribution < 1.29 is 9.59 Å². The van der Waals surface area contributed by atoms with Crippen LogP contribution in [0.2, 0.25) is 0 Å². The molecule has 4 aliphatic carbocycles. The van der Waals surface area contributed by atoms with E-state index < -0.39 is 0 Å². The molecule has 0 spiro atoms. The van der Waals surface area contributed by atoms with Gasteiger partial charge in [0.05, 0.1) is 0 Å². The molecule has 29 heavy (non-hydrogen) atoms. The smallest absolute Gasteiger partial charge is 0.136 e. The Balaban J connectivity index is 1.52. The molecule has 4 fully saturated rings. The highest BCUT2D eigenvalue weighted by Crippen LogP contribution is 2.67. The van der Waals surface area contributed by atoms with Gasteiger partial charge in [0.15, 0.2) is 0 Å². The van der Waals surface area contributed by atoms with E-state index >= 15 is 0 Å². The zero-order valence-electron chi connectivity index (χ0n) is 19.6. The standard InChI is InChI=1S/C27H44O2/c1-17(2)7-6-8-18(3)21-9-10-22-25-23(12-14-27(21,22)5)26(4)13-11-20(28)15-19(26)16-24(25)29/h17-19,21-23,25H,6-16H2,1-5H3. The highest BCUT2D eigenvalue weighted by atomic mass is 16.1. The SMILES string of the molecule is CC(C)CCCC(C)C1CCC2C3C(=O)CC4CC(=O)CCC4(C)C3CCC12C. The molecule has 0 heterocycles. The zero-order chi connectivity index (χ0) is 21.0. The normalized spacial score (nSPS) is 45.7. The Morgan fingerprint density at radius 1 is 0.897 bits per heavy atom. The molecular weight excluding hydrogens is 356 g/mol. The molecule has 2 heteroatoms. The van der Waals surface area contributed by atoms with Gasteiger partial charge in [0.2, 0.25) is 0 Å². The van der Waals surface area contributed by atoms with Crippen LogP contribution in [-0.4, -0.2) is 11.6 Å². The lowest BCUT2D eigenvalue weighted by Crippen LogP contribution is -2.57. The van der Waals surface area contributed by atoms with Crippen molar-refractivity contribution >= 4 is 11.6 Å². The largest absolute Gasteiger partial charge is 0.300 e. The van der Waals surface area contributed by atoms with Crippen molar-refractivity contribution in [2.75, 3.05) is 0 Å². The minimum atomic E-state index is 0.231. The zero-order valence-corrected chi connectivity index (χ0v) is 19.6. The summed E-state index contributed by atoms with van der Waals surface area (Å²) in [6, 6.07) is 0. The first kappa shape index (κ1) is 21.6. The molecule has 4 aliphatic rings. The highest BCUT2D eigenvalue weighted by molar-refractivity contribution is 5.86. The Kier molecular flexibility index (Phi) is 5.79. The van der Waals surface area contributed by atoms with Crippen LogP contribution in [0.5, 0.6) is 0 Å². The third-order valence-electron chi connectivity index (χ3n) is 10.5. The molecule has 4 rings (SSSR count). The van der Waals surface area contributed by atoms with Gasteiger partial charge in [-0.15, -0.1) is 0 Å². The molecule has 0 aromatic rings. The van der Waals surface area contributed by atoms with Crippen LogP contribution < -0.4 is 0 Å². The fourth-order valence-corrected chi connectivity index (χ4v) is 8.75. The first-order valence-electron chi connectivity index (χ1n) is 12.7. The van der Waals surface area contributed by atoms with Crippen LogP contribution >= 0.6 is 0 Å². The van der Waals surface area contributed by atoms with Gasteiger partial charge >= 0.3 is 0 Å². The molecule has 0 aromatic carbocycles. The maximum Gasteiger partial charge on any atom is 0.136 e. The predicted octanol–water partition coefficient (Wildman–Crippen LogP) is 6.86. The first-order valence-corrected chi connectivity index (χ1v) is 12.7. The highest BCUT2D eigenvalue weighted by Gasteiger charge is 2.62. The molecule has 0 radical (unpaired) electrons. The van der Waals surface area contributed by atoms with E-state index in [2.05, 4.69) is 34.6 Å². The van der Waals surface area contributed by atoms with Gasteiger partial charge in [0.1, 0.15) is 11.6 Å². The predicted molar refractivity (Wildman–Crippen MR) is 118 cm³/mol. The van der Waals surface area contributed by atoms with Gasteiger partial charge < -0.3 is 0 Å². The minimum Gasteiger partial charge on any atom is -0.300 e. The molecule has 164 valence electrons. The van der Waals surface area contributed by atoms with Crippen LogP contribution in [-0.2, 0) is 9.59 Å². The molecule has 0 aliphatic heterocycles. The van der Waals surface area contributed by atoms with Crippen molar-refractivity contribution in [1.29, 1.82) is 0 Å². The van der Waals surface area contributed by atoms with Crippen LogP contribution in [0.15, 0.2) is 0 Å². The van der Waals surface area contributed by atoms with E-state index in [1.54, 1.807) is 0 Å². The monoisotopic (exact) mass is 400 g/mol. The van der Waals surface area contributed by atoms with Crippen molar-refractivity contribution in [3.63, 3.8) is 0 Å². The summed E-state index contributed by atoms with van der Waals surface area (Å²) in [4.78, 5) is 25.5. The lowest BCUT2D eigenvalue weighted by molar-refractivity contribution is -0.159. The molecule has 8 unspecified atom stereocenters. The van der Waals surface area contributed by atoms with E-state index in [0.717, 1.165) is 30.6 Å². The summed E-state index contributed by atoms with van der Waals surface area (Å²) in [6.07, 6.45) is 12.3. The molecule has 0 N–H and O–H groups in total. The van der Waals surface area contributed by atoms with E-state index in [9.17, 15) is 9.59 Å². The second-order valence-corrected chi connectivity index (χ2v) is 12.4. The van der Waals surface area contributed by atoms with Crippen LogP contribution in [0.25, 0.3) is 0 Å². The molecule has 0 saturated heterocycles. The Morgan fingerprint density at radius 2 is 1.62 bits per heavy atom. The first-order chi connectivity index (χ1) is 13.7. The third-order valence-corrected chi connectivity index (χ3v) is 10.5. The number of Topliss-reactive ketones (excluding diaryl/α,β-unsaturated/α-hetero) is 2. The fourth-order valence-electron chi connectivity index (χ4n) is 8.75. The van der Waals surface area contributed by atoms with E-state index in [1.807, 2.05) is 0 Å². The Bertz CT molecular complexity index is 651. The average Bonchev–Trinajstić information content (AvgIpc) is 3.00. The fraction of sp³-hybridized carbons (Fsp3) is 0.926. The van der Waals surface area contributed by atoms with E-state index in [0.29, 0.717) is 47.6 Å². The van der Waals surface area contributed by atoms with E-state index in [1.165, 1.54) is 44.9 Å². The summed E-state index contributed by atoms with van der Waals surface area (Å²) >= 11 is 0. The number of carbonyl (C=O) groups is 2. The van der Waals surface area contributed by atoms with Gasteiger partial charge in [-0.1, -0.05) is 53.9 Å². The summed E-state index contributed by atoms with van der Waals surface area (Å²) in [7, 11) is 0. The minimum absolute atomic E-state index is 0.231. The number of ketones is 2. The number of hydrogen-bond acceptors (Lipinski definition) is 2. The van der Waals surface area contributed by atoms with Gasteiger partial charge in [-0.3, -0.25) is 9.59 Å². The summed E-state index contributed by atoms with van der Waals surface area (Å²) < 4.78 is 0. The maximum atomic E-state index is 13.4. The molecule has 4 saturated carbocycles. The van der Waals surface area contributed by atoms with Gasteiger partial charge in [-0.25, -0.2) is 0 Å². The van der Waals surface area contributed by atoms with Crippen molar-refractivity contribution in [2.45, 2.75) is 105 Å². The second kappa shape index (κ2) is 7.79. The van der Waals surface area contributed by atoms with Gasteiger partial charge in [-0.2, -0.15) is 0 Å². The number of carbonyl (C=O) groups excluding carboxylic acids is 2. The second-order valence-electron chi connectivity index (χ2n) is 12.4. The van der Waals surface area contributed by atoms with E-state index in [4.69, 9.17) is 0 Å². The molecular formula is C27H44O2. The van der Waals surface area contributed by atoms with Crippen molar-refractivity contribution in [1.82, 2.24) is 0 Å². The molecule has 0 amide bonds. The Morgan fingerprint density at radius 3 is 2.34 bits per heavy atom. The molecule has 2 nitrogen and oxygen atoms in total. The summed E-state index contributed by atoms with van der Waals surface area (Å²) in [5.41, 5.74) is 0.594.